The van der Waals surface area contributed by atoms with E-state index in [2.05, 4.69) is 33.4 Å². The molecule has 0 radical (unpaired) electrons. The van der Waals surface area contributed by atoms with Crippen LogP contribution < -0.4 is 5.32 Å². The standard InChI is InChI=1S/C21H44N2O2/c1-5-6-7-8-9-10-11-12-13-14-15-16-19-22-20(23(2,3)4)17-18-21(24)25/h20,22H,5-19H2,1-4H3/p+1. The number of hydrogen-bond acceptors (Lipinski definition) is 2. The minimum atomic E-state index is -0.703. The Balaban J connectivity index is 3.49. The van der Waals surface area contributed by atoms with Gasteiger partial charge in [-0.3, -0.25) is 10.1 Å². The van der Waals surface area contributed by atoms with Gasteiger partial charge in [0.2, 0.25) is 0 Å². The summed E-state index contributed by atoms with van der Waals surface area (Å²) < 4.78 is 0.769. The Morgan fingerprint density at radius 3 is 1.68 bits per heavy atom. The number of nitrogens with one attached hydrogen (secondary N) is 1. The first-order valence-electron chi connectivity index (χ1n) is 10.6. The Kier molecular flexibility index (Phi) is 15.2. The van der Waals surface area contributed by atoms with E-state index in [0.717, 1.165) is 11.0 Å². The van der Waals surface area contributed by atoms with Gasteiger partial charge < -0.3 is 9.59 Å². The zero-order valence-corrected chi connectivity index (χ0v) is 17.5. The van der Waals surface area contributed by atoms with E-state index in [9.17, 15) is 4.79 Å². The molecule has 0 spiro atoms. The third-order valence-electron chi connectivity index (χ3n) is 4.98. The molecule has 4 nitrogen and oxygen atoms in total. The average molecular weight is 358 g/mol. The lowest BCUT2D eigenvalue weighted by Gasteiger charge is -2.34. The molecule has 0 aliphatic carbocycles. The van der Waals surface area contributed by atoms with Crippen LogP contribution >= 0.6 is 0 Å². The van der Waals surface area contributed by atoms with Crippen molar-refractivity contribution in [2.24, 2.45) is 0 Å². The molecule has 25 heavy (non-hydrogen) atoms. The second kappa shape index (κ2) is 15.6. The molecule has 1 atom stereocenters. The van der Waals surface area contributed by atoms with Crippen molar-refractivity contribution in [1.29, 1.82) is 0 Å². The minimum Gasteiger partial charge on any atom is -0.481 e. The number of carbonyl (C=O) groups is 1. The van der Waals surface area contributed by atoms with Gasteiger partial charge in [0.15, 0.2) is 0 Å². The molecule has 0 saturated carbocycles. The number of unbranched alkanes of at least 4 members (excludes halogenated alkanes) is 11. The minimum absolute atomic E-state index is 0.226. The second-order valence-corrected chi connectivity index (χ2v) is 8.41. The van der Waals surface area contributed by atoms with Crippen LogP contribution in [0.15, 0.2) is 0 Å². The Morgan fingerprint density at radius 1 is 0.840 bits per heavy atom. The van der Waals surface area contributed by atoms with Crippen molar-refractivity contribution in [1.82, 2.24) is 5.32 Å². The number of rotatable bonds is 18. The van der Waals surface area contributed by atoms with Crippen molar-refractivity contribution in [3.63, 3.8) is 0 Å². The fraction of sp³-hybridized carbons (Fsp3) is 0.952. The van der Waals surface area contributed by atoms with Crippen molar-refractivity contribution in [2.45, 2.75) is 103 Å². The Labute approximate surface area is 157 Å². The first-order chi connectivity index (χ1) is 11.9. The molecule has 0 aliphatic heterocycles. The summed E-state index contributed by atoms with van der Waals surface area (Å²) in [7, 11) is 6.38. The van der Waals surface area contributed by atoms with E-state index in [1.165, 1.54) is 77.0 Å². The number of quaternary nitrogens is 1. The van der Waals surface area contributed by atoms with Gasteiger partial charge in [-0.05, 0) is 6.42 Å². The molecule has 0 bridgehead atoms. The maximum Gasteiger partial charge on any atom is 0.303 e. The highest BCUT2D eigenvalue weighted by atomic mass is 16.4. The molecule has 0 aromatic rings. The molecular formula is C21H45N2O2+. The van der Waals surface area contributed by atoms with Gasteiger partial charge in [-0.1, -0.05) is 77.6 Å². The van der Waals surface area contributed by atoms with Crippen LogP contribution in [0, 0.1) is 0 Å². The largest absolute Gasteiger partial charge is 0.481 e. The van der Waals surface area contributed by atoms with E-state index in [1.807, 2.05) is 0 Å². The van der Waals surface area contributed by atoms with Crippen molar-refractivity contribution >= 4 is 5.97 Å². The molecule has 1 unspecified atom stereocenters. The highest BCUT2D eigenvalue weighted by molar-refractivity contribution is 5.66. The number of carboxylic acid groups (broad SMARTS) is 1. The van der Waals surface area contributed by atoms with E-state index >= 15 is 0 Å². The fourth-order valence-corrected chi connectivity index (χ4v) is 3.26. The summed E-state index contributed by atoms with van der Waals surface area (Å²) in [5.41, 5.74) is 0. The number of nitrogens with zero attached hydrogens (tertiary/aromatic N) is 1. The van der Waals surface area contributed by atoms with Gasteiger partial charge in [0.05, 0.1) is 27.6 Å². The number of aliphatic carboxylic acids is 1. The van der Waals surface area contributed by atoms with Gasteiger partial charge in [0.1, 0.15) is 6.17 Å². The van der Waals surface area contributed by atoms with Gasteiger partial charge >= 0.3 is 5.97 Å². The second-order valence-electron chi connectivity index (χ2n) is 8.41. The van der Waals surface area contributed by atoms with Gasteiger partial charge in [-0.15, -0.1) is 0 Å². The normalized spacial score (nSPS) is 13.1. The number of hydrogen-bond donors (Lipinski definition) is 2. The van der Waals surface area contributed by atoms with Gasteiger partial charge in [0.25, 0.3) is 0 Å². The maximum atomic E-state index is 10.8. The topological polar surface area (TPSA) is 49.3 Å². The molecule has 0 amide bonds. The molecule has 2 N–H and O–H groups in total. The van der Waals surface area contributed by atoms with Gasteiger partial charge in [0, 0.05) is 13.0 Å². The van der Waals surface area contributed by atoms with Crippen molar-refractivity contribution in [3.8, 4) is 0 Å². The molecule has 0 aliphatic rings. The van der Waals surface area contributed by atoms with Crippen molar-refractivity contribution < 1.29 is 14.4 Å². The van der Waals surface area contributed by atoms with Crippen molar-refractivity contribution in [2.75, 3.05) is 27.7 Å². The maximum absolute atomic E-state index is 10.8. The lowest BCUT2D eigenvalue weighted by atomic mass is 10.1. The zero-order valence-electron chi connectivity index (χ0n) is 17.5. The third-order valence-corrected chi connectivity index (χ3v) is 4.98. The number of carboxylic acids is 1. The summed E-state index contributed by atoms with van der Waals surface area (Å²) in [6.07, 6.45) is 17.6. The third kappa shape index (κ3) is 16.6. The molecule has 0 aromatic heterocycles. The van der Waals surface area contributed by atoms with Crippen LogP contribution in [0.4, 0.5) is 0 Å². The van der Waals surface area contributed by atoms with Crippen LogP contribution in [0.1, 0.15) is 96.8 Å². The Morgan fingerprint density at radius 2 is 1.28 bits per heavy atom. The lowest BCUT2D eigenvalue weighted by Crippen LogP contribution is -2.53. The lowest BCUT2D eigenvalue weighted by molar-refractivity contribution is -0.899. The highest BCUT2D eigenvalue weighted by Gasteiger charge is 2.23. The average Bonchev–Trinajstić information content (AvgIpc) is 2.53. The predicted octanol–water partition coefficient (Wildman–Crippen LogP) is 5.17. The first-order valence-corrected chi connectivity index (χ1v) is 10.6. The van der Waals surface area contributed by atoms with Gasteiger partial charge in [-0.25, -0.2) is 0 Å². The monoisotopic (exact) mass is 357 g/mol. The van der Waals surface area contributed by atoms with E-state index in [0.29, 0.717) is 6.42 Å². The smallest absolute Gasteiger partial charge is 0.303 e. The zero-order chi connectivity index (χ0) is 19.0. The SMILES string of the molecule is CCCCCCCCCCCCCCNC(CCC(=O)O)[N+](C)(C)C. The van der Waals surface area contributed by atoms with E-state index < -0.39 is 5.97 Å². The quantitative estimate of drug-likeness (QED) is 0.202. The molecule has 4 heteroatoms. The first kappa shape index (κ1) is 24.4. The molecule has 150 valence electrons. The van der Waals surface area contributed by atoms with Crippen LogP contribution in [0.2, 0.25) is 0 Å². The van der Waals surface area contributed by atoms with Gasteiger partial charge in [-0.2, -0.15) is 0 Å². The van der Waals surface area contributed by atoms with Crippen LogP contribution in [0.5, 0.6) is 0 Å². The van der Waals surface area contributed by atoms with Crippen LogP contribution in [-0.2, 0) is 4.79 Å². The highest BCUT2D eigenvalue weighted by Crippen LogP contribution is 2.12. The molecule has 0 rings (SSSR count). The summed E-state index contributed by atoms with van der Waals surface area (Å²) >= 11 is 0. The summed E-state index contributed by atoms with van der Waals surface area (Å²) in [6, 6.07) is 0. The fourth-order valence-electron chi connectivity index (χ4n) is 3.26. The summed E-state index contributed by atoms with van der Waals surface area (Å²) in [4.78, 5) is 10.8. The Hall–Kier alpha value is -0.610. The van der Waals surface area contributed by atoms with E-state index in [-0.39, 0.29) is 12.6 Å². The molecule has 0 heterocycles. The molecule has 0 fully saturated rings. The molecular weight excluding hydrogens is 312 g/mol. The summed E-state index contributed by atoms with van der Waals surface area (Å²) in [5.74, 6) is -0.703. The van der Waals surface area contributed by atoms with E-state index in [1.54, 1.807) is 0 Å². The Bertz CT molecular complexity index is 314. The van der Waals surface area contributed by atoms with E-state index in [4.69, 9.17) is 5.11 Å². The van der Waals surface area contributed by atoms with Crippen molar-refractivity contribution in [3.05, 3.63) is 0 Å². The van der Waals surface area contributed by atoms with Crippen LogP contribution in [-0.4, -0.2) is 49.4 Å². The summed E-state index contributed by atoms with van der Waals surface area (Å²) in [6.45, 7) is 3.27. The van der Waals surface area contributed by atoms with Crippen LogP contribution in [0.3, 0.4) is 0 Å². The predicted molar refractivity (Wildman–Crippen MR) is 108 cm³/mol. The molecule has 0 saturated heterocycles. The summed E-state index contributed by atoms with van der Waals surface area (Å²) in [5, 5.41) is 12.4. The molecule has 0 aromatic carbocycles. The van der Waals surface area contributed by atoms with Crippen LogP contribution in [0.25, 0.3) is 0 Å².